The van der Waals surface area contributed by atoms with Crippen LogP contribution in [0.2, 0.25) is 0 Å². The molecule has 0 bridgehead atoms. The molecule has 4 heterocycles. The molecule has 1 unspecified atom stereocenters. The molecule has 7 nitrogen and oxygen atoms in total. The molecule has 2 aromatic rings. The summed E-state index contributed by atoms with van der Waals surface area (Å²) in [7, 11) is 0. The molecule has 150 valence electrons. The molecule has 0 aromatic carbocycles. The molecular formula is C20H27N5O2S. The van der Waals surface area contributed by atoms with Gasteiger partial charge in [0.05, 0.1) is 24.9 Å². The maximum Gasteiger partial charge on any atom is 0.241 e. The van der Waals surface area contributed by atoms with Gasteiger partial charge in [0.2, 0.25) is 5.91 Å². The summed E-state index contributed by atoms with van der Waals surface area (Å²) >= 11 is 1.66. The molecular weight excluding hydrogens is 374 g/mol. The summed E-state index contributed by atoms with van der Waals surface area (Å²) in [6.07, 6.45) is 7.68. The topological polar surface area (TPSA) is 81.6 Å². The smallest absolute Gasteiger partial charge is 0.241 e. The Bertz CT molecular complexity index is 762. The van der Waals surface area contributed by atoms with Crippen LogP contribution < -0.4 is 5.32 Å². The molecule has 28 heavy (non-hydrogen) atoms. The average Bonchev–Trinajstić information content (AvgIpc) is 3.20. The van der Waals surface area contributed by atoms with E-state index in [-0.39, 0.29) is 24.0 Å². The van der Waals surface area contributed by atoms with Crippen LogP contribution in [0.4, 0.5) is 5.69 Å². The lowest BCUT2D eigenvalue weighted by atomic mass is 9.71. The van der Waals surface area contributed by atoms with Crippen LogP contribution in [-0.2, 0) is 11.3 Å². The number of nitrogens with one attached hydrogen (secondary N) is 1. The van der Waals surface area contributed by atoms with Crippen molar-refractivity contribution in [2.24, 2.45) is 5.41 Å². The molecule has 1 spiro atoms. The minimum absolute atomic E-state index is 0.0997. The molecule has 2 saturated heterocycles. The Morgan fingerprint density at radius 2 is 2.21 bits per heavy atom. The first-order valence-electron chi connectivity index (χ1n) is 9.82. The number of β-amino-alcohol motifs (C(OH)–C–C–N with tert-alkyl or cyclic N) is 1. The van der Waals surface area contributed by atoms with Crippen LogP contribution in [0, 0.1) is 5.41 Å². The van der Waals surface area contributed by atoms with Gasteiger partial charge in [-0.05, 0) is 36.8 Å². The Morgan fingerprint density at radius 3 is 2.93 bits per heavy atom. The number of piperidine rings is 2. The highest BCUT2D eigenvalue weighted by molar-refractivity contribution is 7.09. The van der Waals surface area contributed by atoms with Crippen molar-refractivity contribution in [1.82, 2.24) is 19.8 Å². The maximum absolute atomic E-state index is 12.6. The van der Waals surface area contributed by atoms with Crippen LogP contribution in [0.3, 0.4) is 0 Å². The summed E-state index contributed by atoms with van der Waals surface area (Å²) in [6.45, 7) is 4.28. The molecule has 2 aliphatic rings. The fraction of sp³-hybridized carbons (Fsp3) is 0.550. The minimum Gasteiger partial charge on any atom is -0.392 e. The number of aromatic nitrogens is 2. The first-order valence-corrected chi connectivity index (χ1v) is 10.7. The van der Waals surface area contributed by atoms with Crippen LogP contribution >= 0.6 is 11.3 Å². The zero-order valence-corrected chi connectivity index (χ0v) is 16.8. The van der Waals surface area contributed by atoms with E-state index in [9.17, 15) is 9.90 Å². The van der Waals surface area contributed by atoms with Crippen molar-refractivity contribution in [3.05, 3.63) is 41.1 Å². The third-order valence-corrected chi connectivity index (χ3v) is 6.59. The number of rotatable bonds is 5. The van der Waals surface area contributed by atoms with Crippen LogP contribution in [0.1, 0.15) is 24.3 Å². The number of hydrogen-bond acceptors (Lipinski definition) is 7. The fourth-order valence-electron chi connectivity index (χ4n) is 4.46. The van der Waals surface area contributed by atoms with Crippen LogP contribution in [-0.4, -0.2) is 69.6 Å². The normalized spacial score (nSPS) is 22.3. The lowest BCUT2D eigenvalue weighted by Crippen LogP contribution is -2.54. The Balaban J connectivity index is 1.30. The molecule has 0 saturated carbocycles. The number of pyridine rings is 1. The number of anilines is 1. The number of amides is 1. The lowest BCUT2D eigenvalue weighted by molar-refractivity contribution is -0.133. The van der Waals surface area contributed by atoms with Crippen molar-refractivity contribution in [2.45, 2.75) is 31.9 Å². The second-order valence-electron chi connectivity index (χ2n) is 7.93. The predicted octanol–water partition coefficient (Wildman–Crippen LogP) is 1.83. The Morgan fingerprint density at radius 1 is 1.36 bits per heavy atom. The summed E-state index contributed by atoms with van der Waals surface area (Å²) in [5.41, 5.74) is 0.959. The van der Waals surface area contributed by atoms with Crippen molar-refractivity contribution in [1.29, 1.82) is 0 Å². The highest BCUT2D eigenvalue weighted by Crippen LogP contribution is 2.40. The van der Waals surface area contributed by atoms with Gasteiger partial charge >= 0.3 is 0 Å². The summed E-state index contributed by atoms with van der Waals surface area (Å²) in [5, 5.41) is 16.7. The molecule has 2 aliphatic heterocycles. The second kappa shape index (κ2) is 8.55. The number of nitrogens with zero attached hydrogens (tertiary/aromatic N) is 4. The van der Waals surface area contributed by atoms with Gasteiger partial charge < -0.3 is 15.3 Å². The van der Waals surface area contributed by atoms with Crippen LogP contribution in [0.15, 0.2) is 36.1 Å². The zero-order valence-electron chi connectivity index (χ0n) is 16.0. The van der Waals surface area contributed by atoms with E-state index < -0.39 is 0 Å². The SMILES string of the molecule is O=C(CNc1cccnc1)N1CCC2(CC1)CC(O)CN(Cc1nccs1)C2. The molecule has 2 aromatic heterocycles. The predicted molar refractivity (Wildman–Crippen MR) is 109 cm³/mol. The van der Waals surface area contributed by atoms with E-state index in [0.717, 1.165) is 56.1 Å². The van der Waals surface area contributed by atoms with Gasteiger partial charge in [-0.3, -0.25) is 14.7 Å². The number of likely N-dealkylation sites (tertiary alicyclic amines) is 2. The first kappa shape index (κ1) is 19.3. The number of carbonyl (C=O) groups excluding carboxylic acids is 1. The molecule has 8 heteroatoms. The van der Waals surface area contributed by atoms with E-state index >= 15 is 0 Å². The van der Waals surface area contributed by atoms with Crippen molar-refractivity contribution in [2.75, 3.05) is 38.0 Å². The van der Waals surface area contributed by atoms with Gasteiger partial charge in [0.1, 0.15) is 5.01 Å². The zero-order chi connectivity index (χ0) is 19.4. The summed E-state index contributed by atoms with van der Waals surface area (Å²) in [6, 6.07) is 3.76. The highest BCUT2D eigenvalue weighted by Gasteiger charge is 2.42. The van der Waals surface area contributed by atoms with Crippen molar-refractivity contribution >= 4 is 22.9 Å². The Kier molecular flexibility index (Phi) is 5.89. The second-order valence-corrected chi connectivity index (χ2v) is 8.91. The number of aliphatic hydroxyl groups excluding tert-OH is 1. The Hall–Kier alpha value is -2.03. The molecule has 0 aliphatic carbocycles. The van der Waals surface area contributed by atoms with Crippen molar-refractivity contribution in [3.63, 3.8) is 0 Å². The van der Waals surface area contributed by atoms with Gasteiger partial charge in [-0.15, -0.1) is 11.3 Å². The van der Waals surface area contributed by atoms with E-state index in [1.54, 1.807) is 23.7 Å². The molecule has 0 radical (unpaired) electrons. The van der Waals surface area contributed by atoms with Gasteiger partial charge in [0.15, 0.2) is 0 Å². The third kappa shape index (κ3) is 4.68. The quantitative estimate of drug-likeness (QED) is 0.796. The number of carbonyl (C=O) groups is 1. The van der Waals surface area contributed by atoms with Gasteiger partial charge in [0, 0.05) is 50.1 Å². The molecule has 4 rings (SSSR count). The van der Waals surface area contributed by atoms with E-state index in [4.69, 9.17) is 0 Å². The lowest BCUT2D eigenvalue weighted by Gasteiger charge is -2.49. The van der Waals surface area contributed by atoms with Gasteiger partial charge in [-0.25, -0.2) is 4.98 Å². The van der Waals surface area contributed by atoms with Crippen molar-refractivity contribution < 1.29 is 9.90 Å². The Labute approximate surface area is 169 Å². The van der Waals surface area contributed by atoms with Gasteiger partial charge in [-0.2, -0.15) is 0 Å². The number of thiazole rings is 1. The van der Waals surface area contributed by atoms with E-state index in [1.807, 2.05) is 28.6 Å². The molecule has 2 N–H and O–H groups in total. The summed E-state index contributed by atoms with van der Waals surface area (Å²) in [5.74, 6) is 0.120. The first-order chi connectivity index (χ1) is 13.6. The molecule has 2 fully saturated rings. The van der Waals surface area contributed by atoms with Crippen LogP contribution in [0.25, 0.3) is 0 Å². The third-order valence-electron chi connectivity index (χ3n) is 5.82. The molecule has 1 amide bonds. The average molecular weight is 402 g/mol. The van der Waals surface area contributed by atoms with E-state index in [2.05, 4.69) is 20.2 Å². The van der Waals surface area contributed by atoms with E-state index in [0.29, 0.717) is 6.54 Å². The number of aliphatic hydroxyl groups is 1. The minimum atomic E-state index is -0.303. The van der Waals surface area contributed by atoms with Gasteiger partial charge in [0.25, 0.3) is 0 Å². The van der Waals surface area contributed by atoms with Crippen LogP contribution in [0.5, 0.6) is 0 Å². The summed E-state index contributed by atoms with van der Waals surface area (Å²) in [4.78, 5) is 25.3. The maximum atomic E-state index is 12.6. The molecule has 1 atom stereocenters. The van der Waals surface area contributed by atoms with Gasteiger partial charge in [-0.1, -0.05) is 0 Å². The largest absolute Gasteiger partial charge is 0.392 e. The van der Waals surface area contributed by atoms with Crippen molar-refractivity contribution in [3.8, 4) is 0 Å². The number of hydrogen-bond donors (Lipinski definition) is 2. The van der Waals surface area contributed by atoms with E-state index in [1.165, 1.54) is 0 Å². The standard InChI is InChI=1S/C20H27N5O2S/c26-17-10-20(15-24(13-17)14-18-22-6-9-28-18)3-7-25(8-4-20)19(27)12-23-16-2-1-5-21-11-16/h1-2,5-6,9,11,17,23,26H,3-4,7-8,10,12-15H2. The fourth-order valence-corrected chi connectivity index (χ4v) is 5.12. The highest BCUT2D eigenvalue weighted by atomic mass is 32.1. The summed E-state index contributed by atoms with van der Waals surface area (Å²) < 4.78 is 0. The monoisotopic (exact) mass is 401 g/mol.